The summed E-state index contributed by atoms with van der Waals surface area (Å²) in [4.78, 5) is 38.5. The molecule has 1 fully saturated rings. The summed E-state index contributed by atoms with van der Waals surface area (Å²) in [7, 11) is 0. The maximum absolute atomic E-state index is 12.8. The van der Waals surface area contributed by atoms with Crippen LogP contribution in [0.5, 0.6) is 5.75 Å². The molecule has 0 radical (unpaired) electrons. The van der Waals surface area contributed by atoms with E-state index in [1.165, 1.54) is 12.1 Å². The Labute approximate surface area is 194 Å². The number of likely N-dealkylation sites (tertiary alicyclic amines) is 1. The number of fused-ring (bicyclic) bond motifs is 1. The van der Waals surface area contributed by atoms with Gasteiger partial charge in [-0.15, -0.1) is 0 Å². The molecule has 2 aromatic carbocycles. The van der Waals surface area contributed by atoms with E-state index in [0.717, 1.165) is 17.7 Å². The predicted octanol–water partition coefficient (Wildman–Crippen LogP) is 3.77. The van der Waals surface area contributed by atoms with Crippen molar-refractivity contribution < 1.29 is 32.3 Å². The van der Waals surface area contributed by atoms with Gasteiger partial charge in [-0.1, -0.05) is 6.07 Å². The van der Waals surface area contributed by atoms with Crippen molar-refractivity contribution in [3.8, 4) is 5.75 Å². The average molecular weight is 475 g/mol. The monoisotopic (exact) mass is 475 g/mol. The van der Waals surface area contributed by atoms with Crippen molar-refractivity contribution in [3.63, 3.8) is 0 Å². The number of anilines is 1. The Morgan fingerprint density at radius 3 is 2.44 bits per heavy atom. The Balaban J connectivity index is 1.31. The average Bonchev–Trinajstić information content (AvgIpc) is 2.82. The summed E-state index contributed by atoms with van der Waals surface area (Å²) in [6.45, 7) is 2.50. The van der Waals surface area contributed by atoms with E-state index >= 15 is 0 Å². The number of hydrogen-bond acceptors (Lipinski definition) is 4. The van der Waals surface area contributed by atoms with Gasteiger partial charge in [-0.25, -0.2) is 0 Å². The molecular weight excluding hydrogens is 451 g/mol. The van der Waals surface area contributed by atoms with Crippen LogP contribution in [0.1, 0.15) is 47.3 Å². The molecule has 1 saturated heterocycles. The fourth-order valence-corrected chi connectivity index (χ4v) is 4.11. The Hall–Kier alpha value is -3.56. The van der Waals surface area contributed by atoms with Crippen LogP contribution in [-0.4, -0.2) is 42.3 Å². The second-order valence-corrected chi connectivity index (χ2v) is 8.46. The summed E-state index contributed by atoms with van der Waals surface area (Å²) >= 11 is 0. The number of piperidine rings is 1. The molecule has 34 heavy (non-hydrogen) atoms. The molecule has 2 N–H and O–H groups in total. The largest absolute Gasteiger partial charge is 0.482 e. The number of amides is 3. The normalized spacial score (nSPS) is 17.3. The molecule has 180 valence electrons. The van der Waals surface area contributed by atoms with Crippen molar-refractivity contribution in [1.82, 2.24) is 10.2 Å². The number of halogens is 3. The minimum absolute atomic E-state index is 0.0291. The zero-order valence-corrected chi connectivity index (χ0v) is 18.4. The highest BCUT2D eigenvalue weighted by Crippen LogP contribution is 2.31. The maximum atomic E-state index is 12.8. The zero-order chi connectivity index (χ0) is 24.5. The molecule has 2 aliphatic heterocycles. The topological polar surface area (TPSA) is 87.7 Å². The summed E-state index contributed by atoms with van der Waals surface area (Å²) in [5, 5.41) is 5.72. The molecule has 0 saturated carbocycles. The van der Waals surface area contributed by atoms with Crippen molar-refractivity contribution in [1.29, 1.82) is 0 Å². The second kappa shape index (κ2) is 9.36. The zero-order valence-electron chi connectivity index (χ0n) is 18.4. The molecule has 10 heteroatoms. The van der Waals surface area contributed by atoms with E-state index in [2.05, 4.69) is 10.6 Å². The first-order valence-electron chi connectivity index (χ1n) is 11.0. The van der Waals surface area contributed by atoms with Crippen molar-refractivity contribution in [2.24, 2.45) is 5.92 Å². The van der Waals surface area contributed by atoms with Gasteiger partial charge < -0.3 is 20.3 Å². The lowest BCUT2D eigenvalue weighted by Gasteiger charge is -2.32. The smallest absolute Gasteiger partial charge is 0.416 e. The number of carbonyl (C=O) groups is 3. The van der Waals surface area contributed by atoms with Gasteiger partial charge in [0.15, 0.2) is 6.61 Å². The molecule has 2 heterocycles. The standard InChI is InChI=1S/C24H24F3N3O4/c1-14(17-4-7-20-19(12-17)29-21(31)13-34-20)28-22(32)15-8-10-30(11-9-15)23(33)16-2-5-18(6-3-16)24(25,26)27/h2-7,12,14-15H,8-11,13H2,1H3,(H,28,32)(H,29,31). The maximum Gasteiger partial charge on any atom is 0.416 e. The van der Waals surface area contributed by atoms with Crippen LogP contribution in [-0.2, 0) is 15.8 Å². The van der Waals surface area contributed by atoms with Gasteiger partial charge in [0.05, 0.1) is 17.3 Å². The Bertz CT molecular complexity index is 1090. The summed E-state index contributed by atoms with van der Waals surface area (Å²) in [5.74, 6) is -0.419. The second-order valence-electron chi connectivity index (χ2n) is 8.46. The van der Waals surface area contributed by atoms with Gasteiger partial charge in [0.2, 0.25) is 5.91 Å². The molecule has 2 aliphatic rings. The summed E-state index contributed by atoms with van der Waals surface area (Å²) < 4.78 is 43.5. The SMILES string of the molecule is CC(NC(=O)C1CCN(C(=O)c2ccc(C(F)(F)F)cc2)CC1)c1ccc2c(c1)NC(=O)CO2. The lowest BCUT2D eigenvalue weighted by molar-refractivity contribution is -0.137. The number of ether oxygens (including phenoxy) is 1. The van der Waals surface area contributed by atoms with Crippen LogP contribution < -0.4 is 15.4 Å². The fourth-order valence-electron chi connectivity index (χ4n) is 4.11. The van der Waals surface area contributed by atoms with Gasteiger partial charge in [0, 0.05) is 24.6 Å². The minimum atomic E-state index is -4.45. The molecule has 1 unspecified atom stereocenters. The molecule has 2 aromatic rings. The third-order valence-corrected chi connectivity index (χ3v) is 6.11. The van der Waals surface area contributed by atoms with Crippen molar-refractivity contribution >= 4 is 23.4 Å². The van der Waals surface area contributed by atoms with E-state index in [1.807, 2.05) is 13.0 Å². The van der Waals surface area contributed by atoms with Crippen LogP contribution in [0.2, 0.25) is 0 Å². The molecule has 1 atom stereocenters. The summed E-state index contributed by atoms with van der Waals surface area (Å²) in [5.41, 5.74) is 0.758. The molecule has 3 amide bonds. The third kappa shape index (κ3) is 5.16. The first kappa shape index (κ1) is 23.6. The van der Waals surface area contributed by atoms with E-state index in [0.29, 0.717) is 37.4 Å². The first-order valence-corrected chi connectivity index (χ1v) is 11.0. The highest BCUT2D eigenvalue weighted by Gasteiger charge is 2.32. The van der Waals surface area contributed by atoms with Gasteiger partial charge >= 0.3 is 6.18 Å². The number of carbonyl (C=O) groups excluding carboxylic acids is 3. The number of rotatable bonds is 4. The predicted molar refractivity (Wildman–Crippen MR) is 117 cm³/mol. The Morgan fingerprint density at radius 1 is 1.12 bits per heavy atom. The molecule has 0 spiro atoms. The molecule has 0 bridgehead atoms. The first-order chi connectivity index (χ1) is 16.1. The van der Waals surface area contributed by atoms with Crippen LogP contribution in [0, 0.1) is 5.92 Å². The Morgan fingerprint density at radius 2 is 1.79 bits per heavy atom. The van der Waals surface area contributed by atoms with Crippen molar-refractivity contribution in [2.45, 2.75) is 32.0 Å². The lowest BCUT2D eigenvalue weighted by atomic mass is 9.94. The van der Waals surface area contributed by atoms with Crippen molar-refractivity contribution in [3.05, 3.63) is 59.2 Å². The van der Waals surface area contributed by atoms with E-state index in [1.54, 1.807) is 17.0 Å². The molecule has 0 aliphatic carbocycles. The highest BCUT2D eigenvalue weighted by molar-refractivity contribution is 5.95. The van der Waals surface area contributed by atoms with Crippen LogP contribution in [0.3, 0.4) is 0 Å². The van der Waals surface area contributed by atoms with Crippen LogP contribution >= 0.6 is 0 Å². The summed E-state index contributed by atoms with van der Waals surface area (Å²) in [6, 6.07) is 9.19. The Kier molecular flexibility index (Phi) is 6.49. The van der Waals surface area contributed by atoms with Gasteiger partial charge in [0.1, 0.15) is 5.75 Å². The van der Waals surface area contributed by atoms with Gasteiger partial charge in [-0.2, -0.15) is 13.2 Å². The van der Waals surface area contributed by atoms with Crippen molar-refractivity contribution in [2.75, 3.05) is 25.0 Å². The fraction of sp³-hybridized carbons (Fsp3) is 0.375. The van der Waals surface area contributed by atoms with E-state index in [9.17, 15) is 27.6 Å². The third-order valence-electron chi connectivity index (χ3n) is 6.11. The van der Waals surface area contributed by atoms with E-state index in [4.69, 9.17) is 4.74 Å². The molecule has 0 aromatic heterocycles. The number of benzene rings is 2. The highest BCUT2D eigenvalue weighted by atomic mass is 19.4. The van der Waals surface area contributed by atoms with Crippen LogP contribution in [0.15, 0.2) is 42.5 Å². The summed E-state index contributed by atoms with van der Waals surface area (Å²) in [6.07, 6.45) is -3.54. The number of hydrogen-bond donors (Lipinski definition) is 2. The van der Waals surface area contributed by atoms with Gasteiger partial charge in [-0.3, -0.25) is 14.4 Å². The number of nitrogens with one attached hydrogen (secondary N) is 2. The molecule has 7 nitrogen and oxygen atoms in total. The van der Waals surface area contributed by atoms with E-state index in [-0.39, 0.29) is 41.9 Å². The minimum Gasteiger partial charge on any atom is -0.482 e. The molecular formula is C24H24F3N3O4. The van der Waals surface area contributed by atoms with Crippen LogP contribution in [0.25, 0.3) is 0 Å². The van der Waals surface area contributed by atoms with Crippen LogP contribution in [0.4, 0.5) is 18.9 Å². The number of alkyl halides is 3. The van der Waals surface area contributed by atoms with E-state index < -0.39 is 11.7 Å². The quantitative estimate of drug-likeness (QED) is 0.705. The van der Waals surface area contributed by atoms with Gasteiger partial charge in [0.25, 0.3) is 11.8 Å². The lowest BCUT2D eigenvalue weighted by Crippen LogP contribution is -2.43. The van der Waals surface area contributed by atoms with Gasteiger partial charge in [-0.05, 0) is 61.7 Å². The molecule has 4 rings (SSSR count). The number of nitrogens with zero attached hydrogens (tertiary/aromatic N) is 1.